The van der Waals surface area contributed by atoms with Crippen molar-refractivity contribution >= 4 is 0 Å². The average molecular weight is 396 g/mol. The zero-order valence-electron chi connectivity index (χ0n) is 16.6. The van der Waals surface area contributed by atoms with Crippen LogP contribution in [0.25, 0.3) is 22.8 Å². The fraction of sp³-hybridized carbons (Fsp3) is 0.167. The second-order valence-electron chi connectivity index (χ2n) is 7.78. The molecule has 1 aliphatic heterocycles. The fourth-order valence-electron chi connectivity index (χ4n) is 3.66. The summed E-state index contributed by atoms with van der Waals surface area (Å²) in [6.45, 7) is 3.35. The average Bonchev–Trinajstić information content (AvgIpc) is 2.79. The maximum absolute atomic E-state index is 11.3. The molecule has 1 aliphatic rings. The Morgan fingerprint density at radius 3 is 0.933 bits per heavy atom. The molecule has 148 valence electrons. The maximum Gasteiger partial charge on any atom is 0.145 e. The van der Waals surface area contributed by atoms with Gasteiger partial charge in [0.2, 0.25) is 0 Å². The third-order valence-corrected chi connectivity index (χ3v) is 5.52. The van der Waals surface area contributed by atoms with Gasteiger partial charge in [-0.1, -0.05) is 24.3 Å². The van der Waals surface area contributed by atoms with Crippen LogP contribution in [0, 0.1) is 0 Å². The van der Waals surface area contributed by atoms with E-state index in [0.717, 1.165) is 0 Å². The number of pyridine rings is 4. The van der Waals surface area contributed by atoms with Gasteiger partial charge in [0.1, 0.15) is 11.2 Å². The molecule has 6 nitrogen and oxygen atoms in total. The zero-order chi connectivity index (χ0) is 20.9. The Kier molecular flexibility index (Phi) is 4.03. The molecule has 0 atom stereocenters. The van der Waals surface area contributed by atoms with Crippen LogP contribution in [0.4, 0.5) is 0 Å². The number of rotatable bonds is 0. The molecule has 5 rings (SSSR count). The van der Waals surface area contributed by atoms with Crippen LogP contribution >= 0.6 is 0 Å². The molecule has 4 aromatic heterocycles. The van der Waals surface area contributed by atoms with Crippen LogP contribution in [0.2, 0.25) is 0 Å². The fourth-order valence-corrected chi connectivity index (χ4v) is 3.66. The van der Waals surface area contributed by atoms with Crippen molar-refractivity contribution in [1.29, 1.82) is 0 Å². The van der Waals surface area contributed by atoms with Gasteiger partial charge in [0.05, 0.1) is 45.6 Å². The summed E-state index contributed by atoms with van der Waals surface area (Å²) in [4.78, 5) is 18.7. The second-order valence-corrected chi connectivity index (χ2v) is 7.78. The Morgan fingerprint density at radius 1 is 0.467 bits per heavy atom. The minimum absolute atomic E-state index is 0.461. The van der Waals surface area contributed by atoms with Crippen molar-refractivity contribution in [1.82, 2.24) is 19.9 Å². The lowest BCUT2D eigenvalue weighted by molar-refractivity contribution is 0.0917. The summed E-state index contributed by atoms with van der Waals surface area (Å²) in [6.07, 6.45) is 0. The van der Waals surface area contributed by atoms with Crippen molar-refractivity contribution in [2.24, 2.45) is 0 Å². The summed E-state index contributed by atoms with van der Waals surface area (Å²) >= 11 is 0. The largest absolute Gasteiger partial charge is 0.377 e. The van der Waals surface area contributed by atoms with Gasteiger partial charge in [-0.3, -0.25) is 0 Å². The summed E-state index contributed by atoms with van der Waals surface area (Å²) in [5.74, 6) is 0. The first-order valence-corrected chi connectivity index (χ1v) is 9.71. The molecule has 2 N–H and O–H groups in total. The van der Waals surface area contributed by atoms with Gasteiger partial charge in [-0.25, -0.2) is 19.9 Å². The van der Waals surface area contributed by atoms with Crippen molar-refractivity contribution in [3.63, 3.8) is 0 Å². The van der Waals surface area contributed by atoms with E-state index in [1.165, 1.54) is 0 Å². The molecular weight excluding hydrogens is 376 g/mol. The van der Waals surface area contributed by atoms with Gasteiger partial charge in [-0.2, -0.15) is 0 Å². The summed E-state index contributed by atoms with van der Waals surface area (Å²) in [5.41, 5.74) is 1.42. The van der Waals surface area contributed by atoms with Crippen molar-refractivity contribution in [3.8, 4) is 22.8 Å². The van der Waals surface area contributed by atoms with Gasteiger partial charge in [-0.15, -0.1) is 0 Å². The van der Waals surface area contributed by atoms with Gasteiger partial charge >= 0.3 is 0 Å². The van der Waals surface area contributed by atoms with E-state index in [-0.39, 0.29) is 0 Å². The SMILES string of the molecule is CC1(O)c2cccc(n2)-c2cccc(n2)C(C)(O)c2cccc(n2)-c2cccc1n2. The smallest absolute Gasteiger partial charge is 0.145 e. The molecule has 0 unspecified atom stereocenters. The first-order chi connectivity index (χ1) is 14.4. The Morgan fingerprint density at radius 2 is 0.700 bits per heavy atom. The number of hydrogen-bond donors (Lipinski definition) is 2. The number of nitrogens with zero attached hydrogens (tertiary/aromatic N) is 4. The lowest BCUT2D eigenvalue weighted by Crippen LogP contribution is -2.27. The Balaban J connectivity index is 1.85. The maximum atomic E-state index is 11.3. The van der Waals surface area contributed by atoms with E-state index in [4.69, 9.17) is 0 Å². The second kappa shape index (κ2) is 6.52. The lowest BCUT2D eigenvalue weighted by atomic mass is 9.94. The number of fused-ring (bicyclic) bond motifs is 10. The summed E-state index contributed by atoms with van der Waals surface area (Å²) < 4.78 is 0. The van der Waals surface area contributed by atoms with Crippen LogP contribution in [0.5, 0.6) is 0 Å². The Hall–Kier alpha value is -3.48. The molecule has 30 heavy (non-hydrogen) atoms. The van der Waals surface area contributed by atoms with Crippen LogP contribution in [0.1, 0.15) is 36.6 Å². The molecule has 0 saturated carbocycles. The number of aromatic nitrogens is 4. The van der Waals surface area contributed by atoms with Crippen LogP contribution < -0.4 is 0 Å². The highest BCUT2D eigenvalue weighted by molar-refractivity contribution is 5.58. The highest BCUT2D eigenvalue weighted by atomic mass is 16.3. The quantitative estimate of drug-likeness (QED) is 0.473. The van der Waals surface area contributed by atoms with Gasteiger partial charge in [0.25, 0.3) is 0 Å². The van der Waals surface area contributed by atoms with E-state index in [2.05, 4.69) is 19.9 Å². The molecule has 5 heterocycles. The van der Waals surface area contributed by atoms with Crippen LogP contribution in [-0.2, 0) is 11.2 Å². The Labute approximate surface area is 174 Å². The lowest BCUT2D eigenvalue weighted by Gasteiger charge is -2.25. The third kappa shape index (κ3) is 2.89. The minimum Gasteiger partial charge on any atom is -0.377 e. The van der Waals surface area contributed by atoms with Crippen LogP contribution in [-0.4, -0.2) is 30.1 Å². The standard InChI is InChI=1S/C24H20N4O2/c1-23(29)19-11-3-7-15(25-19)17-9-5-13-21(27-17)24(2,30)22-14-6-10-18(28-22)16-8-4-12-20(23)26-16/h3-14,29-30H,1-2H3. The summed E-state index contributed by atoms with van der Waals surface area (Å²) in [6, 6.07) is 21.7. The van der Waals surface area contributed by atoms with Gasteiger partial charge < -0.3 is 10.2 Å². The predicted molar refractivity (Wildman–Crippen MR) is 112 cm³/mol. The molecule has 0 aromatic carbocycles. The van der Waals surface area contributed by atoms with E-state index in [1.54, 1.807) is 38.1 Å². The molecule has 0 saturated heterocycles. The highest BCUT2D eigenvalue weighted by Crippen LogP contribution is 2.33. The van der Waals surface area contributed by atoms with Crippen molar-refractivity contribution in [2.75, 3.05) is 0 Å². The topological polar surface area (TPSA) is 92.0 Å². The van der Waals surface area contributed by atoms with E-state index in [1.807, 2.05) is 48.5 Å². The third-order valence-electron chi connectivity index (χ3n) is 5.52. The number of hydrogen-bond acceptors (Lipinski definition) is 6. The van der Waals surface area contributed by atoms with Crippen molar-refractivity contribution < 1.29 is 10.2 Å². The van der Waals surface area contributed by atoms with Crippen molar-refractivity contribution in [2.45, 2.75) is 25.0 Å². The molecular formula is C24H20N4O2. The first-order valence-electron chi connectivity index (χ1n) is 9.71. The molecule has 4 aromatic rings. The first kappa shape index (κ1) is 18.5. The van der Waals surface area contributed by atoms with Gasteiger partial charge in [0, 0.05) is 0 Å². The molecule has 0 aliphatic carbocycles. The molecule has 0 radical (unpaired) electrons. The van der Waals surface area contributed by atoms with Crippen LogP contribution in [0.3, 0.4) is 0 Å². The molecule has 0 spiro atoms. The highest BCUT2D eigenvalue weighted by Gasteiger charge is 2.32. The molecule has 8 bridgehead atoms. The van der Waals surface area contributed by atoms with E-state index >= 15 is 0 Å². The summed E-state index contributed by atoms with van der Waals surface area (Å²) in [7, 11) is 0. The van der Waals surface area contributed by atoms with Gasteiger partial charge in [0.15, 0.2) is 0 Å². The molecule has 6 heteroatoms. The van der Waals surface area contributed by atoms with E-state index in [0.29, 0.717) is 45.6 Å². The zero-order valence-corrected chi connectivity index (χ0v) is 16.6. The Bertz CT molecular complexity index is 1070. The molecule has 0 fully saturated rings. The summed E-state index contributed by atoms with van der Waals surface area (Å²) in [5, 5.41) is 22.7. The minimum atomic E-state index is -1.41. The van der Waals surface area contributed by atoms with Gasteiger partial charge in [-0.05, 0) is 62.4 Å². The van der Waals surface area contributed by atoms with Crippen molar-refractivity contribution in [3.05, 3.63) is 95.6 Å². The normalized spacial score (nSPS) is 22.3. The number of aliphatic hydroxyl groups is 2. The van der Waals surface area contributed by atoms with Crippen LogP contribution in [0.15, 0.2) is 72.8 Å². The van der Waals surface area contributed by atoms with E-state index < -0.39 is 11.2 Å². The monoisotopic (exact) mass is 396 g/mol. The van der Waals surface area contributed by atoms with E-state index in [9.17, 15) is 10.2 Å². The predicted octanol–water partition coefficient (Wildman–Crippen LogP) is 3.43. The molecule has 0 amide bonds.